The van der Waals surface area contributed by atoms with Gasteiger partial charge in [0.05, 0.1) is 5.69 Å². The highest BCUT2D eigenvalue weighted by Crippen LogP contribution is 2.47. The fraction of sp³-hybridized carbons (Fsp3) is 0.700. The van der Waals surface area contributed by atoms with Crippen LogP contribution in [0.1, 0.15) is 44.2 Å². The number of likely N-dealkylation sites (tertiary alicyclic amines) is 1. The van der Waals surface area contributed by atoms with Crippen LogP contribution < -0.4 is 10.6 Å². The maximum Gasteiger partial charge on any atom is 0.315 e. The van der Waals surface area contributed by atoms with Crippen molar-refractivity contribution >= 4 is 6.03 Å². The fourth-order valence-corrected chi connectivity index (χ4v) is 5.04. The normalized spacial score (nSPS) is 29.7. The highest BCUT2D eigenvalue weighted by atomic mass is 16.2. The second-order valence-electron chi connectivity index (χ2n) is 8.16. The summed E-state index contributed by atoms with van der Waals surface area (Å²) in [4.78, 5) is 19.0. The maximum atomic E-state index is 12.2. The number of hydrogen-bond donors (Lipinski definition) is 2. The lowest BCUT2D eigenvalue weighted by atomic mass is 9.89. The summed E-state index contributed by atoms with van der Waals surface area (Å²) in [6.07, 6.45) is 9.43. The molecular weight excluding hydrogens is 312 g/mol. The molecule has 1 aromatic heterocycles. The molecule has 5 nitrogen and oxygen atoms in total. The summed E-state index contributed by atoms with van der Waals surface area (Å²) >= 11 is 0. The zero-order valence-electron chi connectivity index (χ0n) is 15.0. The Morgan fingerprint density at radius 2 is 2.04 bits per heavy atom. The smallest absolute Gasteiger partial charge is 0.315 e. The van der Waals surface area contributed by atoms with Crippen LogP contribution in [-0.2, 0) is 6.54 Å². The lowest BCUT2D eigenvalue weighted by Gasteiger charge is -2.32. The Balaban J connectivity index is 1.14. The molecule has 1 aliphatic heterocycles. The zero-order chi connectivity index (χ0) is 17.1. The van der Waals surface area contributed by atoms with E-state index in [4.69, 9.17) is 0 Å². The number of piperidine rings is 1. The van der Waals surface area contributed by atoms with Crippen molar-refractivity contribution in [3.8, 4) is 0 Å². The first kappa shape index (κ1) is 16.8. The molecule has 0 unspecified atom stereocenters. The van der Waals surface area contributed by atoms with Crippen LogP contribution in [0.25, 0.3) is 0 Å². The summed E-state index contributed by atoms with van der Waals surface area (Å²) in [5.41, 5.74) is 1.12. The molecule has 2 saturated carbocycles. The number of nitrogens with one attached hydrogen (secondary N) is 2. The van der Waals surface area contributed by atoms with E-state index < -0.39 is 0 Å². The Hall–Kier alpha value is -1.62. The molecule has 0 aromatic carbocycles. The van der Waals surface area contributed by atoms with Gasteiger partial charge in [-0.05, 0) is 62.0 Å². The molecule has 5 heteroatoms. The van der Waals surface area contributed by atoms with Crippen LogP contribution in [0, 0.1) is 17.8 Å². The lowest BCUT2D eigenvalue weighted by molar-refractivity contribution is 0.184. The molecule has 136 valence electrons. The minimum Gasteiger partial charge on any atom is -0.338 e. The number of carbonyl (C=O) groups excluding carboxylic acids is 1. The van der Waals surface area contributed by atoms with Crippen molar-refractivity contribution in [1.82, 2.24) is 20.5 Å². The summed E-state index contributed by atoms with van der Waals surface area (Å²) < 4.78 is 0. The van der Waals surface area contributed by atoms with Crippen molar-refractivity contribution in [1.29, 1.82) is 0 Å². The van der Waals surface area contributed by atoms with Crippen molar-refractivity contribution in [2.75, 3.05) is 19.6 Å². The Bertz CT molecular complexity index is 570. The standard InChI is InChI=1S/C20H30N4O/c25-20(22-13-17-12-15-4-5-16(17)11-15)23-18-6-9-24(10-7-18)14-19-3-1-2-8-21-19/h1-3,8,15-18H,4-7,9-14H2,(H2,22,23,25)/t15-,16-,17+/m0/s1. The number of hydrogen-bond acceptors (Lipinski definition) is 3. The van der Waals surface area contributed by atoms with Crippen LogP contribution in [0.2, 0.25) is 0 Å². The molecule has 2 N–H and O–H groups in total. The summed E-state index contributed by atoms with van der Waals surface area (Å²) in [7, 11) is 0. The second-order valence-corrected chi connectivity index (χ2v) is 8.16. The van der Waals surface area contributed by atoms with Gasteiger partial charge in [-0.15, -0.1) is 0 Å². The van der Waals surface area contributed by atoms with E-state index in [1.807, 2.05) is 18.3 Å². The van der Waals surface area contributed by atoms with E-state index in [-0.39, 0.29) is 6.03 Å². The minimum atomic E-state index is 0.0333. The van der Waals surface area contributed by atoms with E-state index in [0.29, 0.717) is 6.04 Å². The number of rotatable bonds is 5. The summed E-state index contributed by atoms with van der Waals surface area (Å²) in [5.74, 6) is 2.55. The average molecular weight is 342 g/mol. The molecule has 4 rings (SSSR count). The fourth-order valence-electron chi connectivity index (χ4n) is 5.04. The molecule has 2 aliphatic carbocycles. The predicted molar refractivity (Wildman–Crippen MR) is 98.0 cm³/mol. The first-order chi connectivity index (χ1) is 12.3. The van der Waals surface area contributed by atoms with Gasteiger partial charge in [0, 0.05) is 38.4 Å². The van der Waals surface area contributed by atoms with Crippen LogP contribution in [-0.4, -0.2) is 41.6 Å². The highest BCUT2D eigenvalue weighted by Gasteiger charge is 2.39. The molecule has 2 heterocycles. The third kappa shape index (κ3) is 4.32. The predicted octanol–water partition coefficient (Wildman–Crippen LogP) is 2.78. The minimum absolute atomic E-state index is 0.0333. The van der Waals surface area contributed by atoms with Crippen LogP contribution >= 0.6 is 0 Å². The first-order valence-electron chi connectivity index (χ1n) is 9.93. The van der Waals surface area contributed by atoms with E-state index in [2.05, 4.69) is 26.6 Å². The van der Waals surface area contributed by atoms with Gasteiger partial charge in [0.2, 0.25) is 0 Å². The number of carbonyl (C=O) groups is 1. The Morgan fingerprint density at radius 3 is 2.72 bits per heavy atom. The van der Waals surface area contributed by atoms with E-state index in [1.165, 1.54) is 25.7 Å². The van der Waals surface area contributed by atoms with Crippen molar-refractivity contribution in [3.63, 3.8) is 0 Å². The number of urea groups is 1. The SMILES string of the molecule is O=C(NC[C@H]1C[C@H]2CC[C@H]1C2)NC1CCN(Cc2ccccn2)CC1. The van der Waals surface area contributed by atoms with Crippen LogP contribution in [0.5, 0.6) is 0 Å². The van der Waals surface area contributed by atoms with Crippen molar-refractivity contribution in [2.45, 2.75) is 51.1 Å². The summed E-state index contributed by atoms with van der Waals surface area (Å²) in [6, 6.07) is 6.41. The molecule has 0 radical (unpaired) electrons. The number of fused-ring (bicyclic) bond motifs is 2. The quantitative estimate of drug-likeness (QED) is 0.865. The molecule has 0 spiro atoms. The number of amides is 2. The van der Waals surface area contributed by atoms with Gasteiger partial charge in [-0.1, -0.05) is 12.5 Å². The Morgan fingerprint density at radius 1 is 1.16 bits per heavy atom. The monoisotopic (exact) mass is 342 g/mol. The van der Waals surface area contributed by atoms with Gasteiger partial charge >= 0.3 is 6.03 Å². The molecule has 1 saturated heterocycles. The van der Waals surface area contributed by atoms with Gasteiger partial charge in [-0.25, -0.2) is 4.79 Å². The van der Waals surface area contributed by atoms with Crippen molar-refractivity contribution in [2.24, 2.45) is 17.8 Å². The van der Waals surface area contributed by atoms with Crippen LogP contribution in [0.3, 0.4) is 0 Å². The third-order valence-electron chi connectivity index (χ3n) is 6.44. The number of nitrogens with zero attached hydrogens (tertiary/aromatic N) is 2. The molecule has 2 bridgehead atoms. The number of aromatic nitrogens is 1. The molecule has 3 fully saturated rings. The van der Waals surface area contributed by atoms with E-state index >= 15 is 0 Å². The van der Waals surface area contributed by atoms with E-state index in [1.54, 1.807) is 0 Å². The molecule has 1 aromatic rings. The molecule has 3 aliphatic rings. The van der Waals surface area contributed by atoms with E-state index in [0.717, 1.165) is 62.5 Å². The highest BCUT2D eigenvalue weighted by molar-refractivity contribution is 5.74. The van der Waals surface area contributed by atoms with Crippen molar-refractivity contribution in [3.05, 3.63) is 30.1 Å². The Kier molecular flexibility index (Phi) is 5.20. The molecule has 3 atom stereocenters. The van der Waals surface area contributed by atoms with Gasteiger partial charge in [0.15, 0.2) is 0 Å². The molecular formula is C20H30N4O. The van der Waals surface area contributed by atoms with Crippen LogP contribution in [0.4, 0.5) is 4.79 Å². The maximum absolute atomic E-state index is 12.2. The summed E-state index contributed by atoms with van der Waals surface area (Å²) in [6.45, 7) is 3.82. The first-order valence-corrected chi connectivity index (χ1v) is 9.93. The Labute approximate surface area is 150 Å². The van der Waals surface area contributed by atoms with Gasteiger partial charge in [-0.2, -0.15) is 0 Å². The summed E-state index contributed by atoms with van der Waals surface area (Å²) in [5, 5.41) is 6.31. The van der Waals surface area contributed by atoms with Gasteiger partial charge < -0.3 is 10.6 Å². The van der Waals surface area contributed by atoms with Crippen LogP contribution in [0.15, 0.2) is 24.4 Å². The zero-order valence-corrected chi connectivity index (χ0v) is 15.0. The topological polar surface area (TPSA) is 57.3 Å². The van der Waals surface area contributed by atoms with Gasteiger partial charge in [0.1, 0.15) is 0 Å². The average Bonchev–Trinajstić information content (AvgIpc) is 3.26. The van der Waals surface area contributed by atoms with Crippen molar-refractivity contribution < 1.29 is 4.79 Å². The second kappa shape index (κ2) is 7.73. The number of pyridine rings is 1. The third-order valence-corrected chi connectivity index (χ3v) is 6.44. The van der Waals surface area contributed by atoms with Gasteiger partial charge in [0.25, 0.3) is 0 Å². The van der Waals surface area contributed by atoms with E-state index in [9.17, 15) is 4.79 Å². The largest absolute Gasteiger partial charge is 0.338 e. The lowest BCUT2D eigenvalue weighted by Crippen LogP contribution is -2.48. The molecule has 2 amide bonds. The molecule has 25 heavy (non-hydrogen) atoms. The van der Waals surface area contributed by atoms with Gasteiger partial charge in [-0.3, -0.25) is 9.88 Å².